The molecule has 0 aliphatic rings. The van der Waals surface area contributed by atoms with Crippen molar-refractivity contribution in [3.63, 3.8) is 0 Å². The van der Waals surface area contributed by atoms with E-state index in [1.165, 1.54) is 70.6 Å². The Morgan fingerprint density at radius 1 is 0.667 bits per heavy atom. The molecule has 0 rings (SSSR count). The number of carbonyl (C=O) groups is 1. The van der Waals surface area contributed by atoms with Gasteiger partial charge in [0.25, 0.3) is 0 Å². The van der Waals surface area contributed by atoms with Gasteiger partial charge in [-0.3, -0.25) is 4.79 Å². The molecule has 0 aromatic carbocycles. The zero-order valence-corrected chi connectivity index (χ0v) is 18.5. The molecular formula is C24H48O3. The van der Waals surface area contributed by atoms with Crippen molar-refractivity contribution >= 4 is 5.97 Å². The zero-order chi connectivity index (χ0) is 20.0. The van der Waals surface area contributed by atoms with Crippen molar-refractivity contribution in [2.75, 3.05) is 13.2 Å². The van der Waals surface area contributed by atoms with Gasteiger partial charge in [0.05, 0.1) is 12.5 Å². The van der Waals surface area contributed by atoms with Crippen LogP contribution in [-0.4, -0.2) is 24.3 Å². The number of rotatable bonds is 21. The molecule has 162 valence electrons. The molecule has 0 aliphatic heterocycles. The molecule has 0 amide bonds. The molecule has 3 nitrogen and oxygen atoms in total. The van der Waals surface area contributed by atoms with Gasteiger partial charge >= 0.3 is 5.97 Å². The molecule has 0 saturated carbocycles. The number of aliphatic hydroxyl groups is 1. The van der Waals surface area contributed by atoms with Gasteiger partial charge in [0.15, 0.2) is 0 Å². The van der Waals surface area contributed by atoms with E-state index in [4.69, 9.17) is 9.84 Å². The molecule has 0 bridgehead atoms. The highest BCUT2D eigenvalue weighted by molar-refractivity contribution is 5.72. The summed E-state index contributed by atoms with van der Waals surface area (Å²) in [6.45, 7) is 5.36. The molecule has 0 aliphatic carbocycles. The van der Waals surface area contributed by atoms with Gasteiger partial charge in [-0.05, 0) is 25.7 Å². The van der Waals surface area contributed by atoms with Crippen molar-refractivity contribution in [2.24, 2.45) is 5.92 Å². The maximum atomic E-state index is 12.5. The van der Waals surface area contributed by atoms with E-state index in [1.54, 1.807) is 0 Å². The smallest absolute Gasteiger partial charge is 0.308 e. The van der Waals surface area contributed by atoms with Crippen LogP contribution in [0.3, 0.4) is 0 Å². The summed E-state index contributed by atoms with van der Waals surface area (Å²) in [5.74, 6) is 0.179. The van der Waals surface area contributed by atoms with Crippen LogP contribution in [0.4, 0.5) is 0 Å². The number of esters is 1. The van der Waals surface area contributed by atoms with Crippen LogP contribution in [0.2, 0.25) is 0 Å². The third-order valence-corrected chi connectivity index (χ3v) is 5.44. The lowest BCUT2D eigenvalue weighted by atomic mass is 9.94. The highest BCUT2D eigenvalue weighted by atomic mass is 16.5. The molecule has 0 fully saturated rings. The van der Waals surface area contributed by atoms with E-state index in [0.29, 0.717) is 13.2 Å². The van der Waals surface area contributed by atoms with Crippen molar-refractivity contribution in [1.29, 1.82) is 0 Å². The number of ether oxygens (including phenoxy) is 1. The number of carbonyl (C=O) groups excluding carboxylic acids is 1. The fraction of sp³-hybridized carbons (Fsp3) is 0.958. The van der Waals surface area contributed by atoms with Crippen molar-refractivity contribution < 1.29 is 14.6 Å². The van der Waals surface area contributed by atoms with Crippen LogP contribution in [0.15, 0.2) is 0 Å². The third-order valence-electron chi connectivity index (χ3n) is 5.44. The topological polar surface area (TPSA) is 46.5 Å². The van der Waals surface area contributed by atoms with Gasteiger partial charge in [-0.1, -0.05) is 104 Å². The van der Waals surface area contributed by atoms with Gasteiger partial charge in [0.1, 0.15) is 0 Å². The predicted octanol–water partition coefficient (Wildman–Crippen LogP) is 7.20. The molecule has 1 unspecified atom stereocenters. The van der Waals surface area contributed by atoms with E-state index in [0.717, 1.165) is 44.9 Å². The first kappa shape index (κ1) is 26.4. The maximum Gasteiger partial charge on any atom is 0.308 e. The zero-order valence-electron chi connectivity index (χ0n) is 18.5. The van der Waals surface area contributed by atoms with Gasteiger partial charge in [-0.25, -0.2) is 0 Å². The van der Waals surface area contributed by atoms with E-state index in [-0.39, 0.29) is 11.9 Å². The van der Waals surface area contributed by atoms with Crippen LogP contribution in [0.1, 0.15) is 129 Å². The van der Waals surface area contributed by atoms with Crippen molar-refractivity contribution in [2.45, 2.75) is 129 Å². The molecule has 27 heavy (non-hydrogen) atoms. The first-order valence-electron chi connectivity index (χ1n) is 12.0. The van der Waals surface area contributed by atoms with Crippen molar-refractivity contribution in [3.8, 4) is 0 Å². The molecule has 1 N–H and O–H groups in total. The SMILES string of the molecule is CCCCCCCCC(CCCCCC)C(=O)OCCCCCCCCO. The number of hydrogen-bond acceptors (Lipinski definition) is 3. The summed E-state index contributed by atoms with van der Waals surface area (Å²) in [7, 11) is 0. The fourth-order valence-corrected chi connectivity index (χ4v) is 3.58. The lowest BCUT2D eigenvalue weighted by Crippen LogP contribution is -2.18. The quantitative estimate of drug-likeness (QED) is 0.168. The number of unbranched alkanes of at least 4 members (excludes halogenated alkanes) is 13. The van der Waals surface area contributed by atoms with E-state index in [1.807, 2.05) is 0 Å². The standard InChI is InChI=1S/C24H48O3/c1-3-5-7-9-12-16-20-23(19-15-8-6-4-2)24(26)27-22-18-14-11-10-13-17-21-25/h23,25H,3-22H2,1-2H3. The summed E-state index contributed by atoms with van der Waals surface area (Å²) in [4.78, 5) is 12.5. The van der Waals surface area contributed by atoms with Crippen LogP contribution in [0.25, 0.3) is 0 Å². The summed E-state index contributed by atoms with van der Waals surface area (Å²) in [6.07, 6.45) is 21.1. The molecule has 0 heterocycles. The molecule has 0 aromatic rings. The second-order valence-corrected chi connectivity index (χ2v) is 8.12. The molecular weight excluding hydrogens is 336 g/mol. The average Bonchev–Trinajstić information content (AvgIpc) is 2.68. The monoisotopic (exact) mass is 384 g/mol. The summed E-state index contributed by atoms with van der Waals surface area (Å²) in [5.41, 5.74) is 0. The highest BCUT2D eigenvalue weighted by Crippen LogP contribution is 2.20. The molecule has 1 atom stereocenters. The first-order valence-corrected chi connectivity index (χ1v) is 12.0. The second-order valence-electron chi connectivity index (χ2n) is 8.12. The molecule has 0 spiro atoms. The van der Waals surface area contributed by atoms with Crippen molar-refractivity contribution in [3.05, 3.63) is 0 Å². The van der Waals surface area contributed by atoms with Crippen LogP contribution >= 0.6 is 0 Å². The predicted molar refractivity (Wildman–Crippen MR) is 116 cm³/mol. The minimum Gasteiger partial charge on any atom is -0.465 e. The Morgan fingerprint density at radius 3 is 1.67 bits per heavy atom. The Morgan fingerprint density at radius 2 is 1.11 bits per heavy atom. The Balaban J connectivity index is 3.93. The van der Waals surface area contributed by atoms with Crippen LogP contribution in [0, 0.1) is 5.92 Å². The number of hydrogen-bond donors (Lipinski definition) is 1. The van der Waals surface area contributed by atoms with Crippen LogP contribution in [0.5, 0.6) is 0 Å². The third kappa shape index (κ3) is 18.6. The van der Waals surface area contributed by atoms with Gasteiger partial charge in [-0.15, -0.1) is 0 Å². The fourth-order valence-electron chi connectivity index (χ4n) is 3.58. The normalized spacial score (nSPS) is 12.3. The Bertz CT molecular complexity index is 304. The Labute approximate surface area is 169 Å². The molecule has 3 heteroatoms. The van der Waals surface area contributed by atoms with Gasteiger partial charge in [0, 0.05) is 6.61 Å². The summed E-state index contributed by atoms with van der Waals surface area (Å²) >= 11 is 0. The minimum absolute atomic E-state index is 0.0559. The van der Waals surface area contributed by atoms with E-state index >= 15 is 0 Å². The Hall–Kier alpha value is -0.570. The lowest BCUT2D eigenvalue weighted by molar-refractivity contribution is -0.149. The van der Waals surface area contributed by atoms with Crippen LogP contribution in [-0.2, 0) is 9.53 Å². The first-order chi connectivity index (χ1) is 13.3. The molecule has 0 saturated heterocycles. The van der Waals surface area contributed by atoms with Gasteiger partial charge in [0.2, 0.25) is 0 Å². The van der Waals surface area contributed by atoms with Gasteiger partial charge in [-0.2, -0.15) is 0 Å². The minimum atomic E-state index is 0.0559. The summed E-state index contributed by atoms with van der Waals surface area (Å²) in [5, 5.41) is 8.77. The second kappa shape index (κ2) is 21.7. The average molecular weight is 385 g/mol. The lowest BCUT2D eigenvalue weighted by Gasteiger charge is -2.16. The Kier molecular flexibility index (Phi) is 21.3. The number of aliphatic hydroxyl groups excluding tert-OH is 1. The largest absolute Gasteiger partial charge is 0.465 e. The van der Waals surface area contributed by atoms with E-state index < -0.39 is 0 Å². The maximum absolute atomic E-state index is 12.5. The summed E-state index contributed by atoms with van der Waals surface area (Å²) in [6, 6.07) is 0. The van der Waals surface area contributed by atoms with Gasteiger partial charge < -0.3 is 9.84 Å². The van der Waals surface area contributed by atoms with E-state index in [9.17, 15) is 4.79 Å². The van der Waals surface area contributed by atoms with Crippen molar-refractivity contribution in [1.82, 2.24) is 0 Å². The molecule has 0 radical (unpaired) electrons. The highest BCUT2D eigenvalue weighted by Gasteiger charge is 2.19. The summed E-state index contributed by atoms with van der Waals surface area (Å²) < 4.78 is 5.61. The van der Waals surface area contributed by atoms with E-state index in [2.05, 4.69) is 13.8 Å². The van der Waals surface area contributed by atoms with Crippen LogP contribution < -0.4 is 0 Å². The molecule has 0 aromatic heterocycles.